The lowest BCUT2D eigenvalue weighted by atomic mass is 10.1. The van der Waals surface area contributed by atoms with Gasteiger partial charge in [-0.15, -0.1) is 0 Å². The van der Waals surface area contributed by atoms with E-state index in [0.717, 1.165) is 29.1 Å². The molecule has 4 rings (SSSR count). The van der Waals surface area contributed by atoms with E-state index in [-0.39, 0.29) is 12.0 Å². The predicted molar refractivity (Wildman–Crippen MR) is 119 cm³/mol. The first-order valence-corrected chi connectivity index (χ1v) is 10.3. The monoisotopic (exact) mass is 418 g/mol. The van der Waals surface area contributed by atoms with E-state index in [2.05, 4.69) is 41.3 Å². The first-order chi connectivity index (χ1) is 15.0. The van der Waals surface area contributed by atoms with Crippen LogP contribution in [0.3, 0.4) is 0 Å². The molecular weight excluding hydrogens is 392 g/mol. The van der Waals surface area contributed by atoms with Crippen molar-refractivity contribution in [3.05, 3.63) is 65.9 Å². The van der Waals surface area contributed by atoms with Crippen molar-refractivity contribution < 1.29 is 14.6 Å². The van der Waals surface area contributed by atoms with Crippen molar-refractivity contribution in [2.45, 2.75) is 26.4 Å². The highest BCUT2D eigenvalue weighted by Gasteiger charge is 2.27. The molecule has 2 aromatic carbocycles. The van der Waals surface area contributed by atoms with Gasteiger partial charge in [-0.1, -0.05) is 6.07 Å². The van der Waals surface area contributed by atoms with Gasteiger partial charge in [0, 0.05) is 30.4 Å². The number of aryl methyl sites for hydroxylation is 2. The van der Waals surface area contributed by atoms with Gasteiger partial charge in [0.15, 0.2) is 0 Å². The van der Waals surface area contributed by atoms with Gasteiger partial charge in [0.2, 0.25) is 11.9 Å². The maximum atomic E-state index is 11.6. The Morgan fingerprint density at radius 1 is 1.16 bits per heavy atom. The number of nitrogens with one attached hydrogen (secondary N) is 1. The van der Waals surface area contributed by atoms with Crippen LogP contribution in [0.15, 0.2) is 54.7 Å². The molecule has 0 radical (unpaired) electrons. The number of aliphatic hydroxyl groups excluding tert-OH is 1. The number of nitrogens with zero attached hydrogens (tertiary/aromatic N) is 3. The summed E-state index contributed by atoms with van der Waals surface area (Å²) in [5.74, 6) is 1.03. The van der Waals surface area contributed by atoms with E-state index < -0.39 is 6.61 Å². The molecule has 7 nitrogen and oxygen atoms in total. The molecule has 1 aliphatic rings. The number of anilines is 2. The molecule has 1 saturated heterocycles. The Hall–Kier alpha value is -3.45. The van der Waals surface area contributed by atoms with Crippen LogP contribution in [0.1, 0.15) is 17.5 Å². The van der Waals surface area contributed by atoms with Gasteiger partial charge >= 0.3 is 0 Å². The van der Waals surface area contributed by atoms with Crippen molar-refractivity contribution in [3.63, 3.8) is 0 Å². The molecule has 1 amide bonds. The second kappa shape index (κ2) is 9.14. The van der Waals surface area contributed by atoms with Gasteiger partial charge in [-0.3, -0.25) is 4.79 Å². The number of carbonyl (C=O) groups is 1. The van der Waals surface area contributed by atoms with Gasteiger partial charge in [0.25, 0.3) is 0 Å². The van der Waals surface area contributed by atoms with Gasteiger partial charge in [0.05, 0.1) is 12.2 Å². The molecular formula is C24H26N4O3. The SMILES string of the molecule is Cc1ccc(Nc2nccc(-c3ccc(O[C@@H]4CCN(C(=O)CO)C4)cc3)n2)cc1C. The molecule has 2 N–H and O–H groups in total. The predicted octanol–water partition coefficient (Wildman–Crippen LogP) is 3.48. The van der Waals surface area contributed by atoms with Crippen LogP contribution in [0, 0.1) is 13.8 Å². The van der Waals surface area contributed by atoms with Crippen molar-refractivity contribution >= 4 is 17.5 Å². The molecule has 1 aromatic heterocycles. The highest BCUT2D eigenvalue weighted by atomic mass is 16.5. The Balaban J connectivity index is 1.41. The first-order valence-electron chi connectivity index (χ1n) is 10.3. The average molecular weight is 418 g/mol. The van der Waals surface area contributed by atoms with Crippen LogP contribution in [0.25, 0.3) is 11.3 Å². The van der Waals surface area contributed by atoms with E-state index >= 15 is 0 Å². The Bertz CT molecular complexity index is 1070. The van der Waals surface area contributed by atoms with Crippen molar-refractivity contribution in [2.75, 3.05) is 25.0 Å². The lowest BCUT2D eigenvalue weighted by molar-refractivity contribution is -0.133. The molecule has 7 heteroatoms. The summed E-state index contributed by atoms with van der Waals surface area (Å²) in [6.45, 7) is 4.82. The molecule has 3 aromatic rings. The highest BCUT2D eigenvalue weighted by Crippen LogP contribution is 2.25. The quantitative estimate of drug-likeness (QED) is 0.637. The Labute approximate surface area is 181 Å². The topological polar surface area (TPSA) is 87.6 Å². The van der Waals surface area contributed by atoms with Crippen molar-refractivity contribution in [3.8, 4) is 17.0 Å². The number of hydrogen-bond donors (Lipinski definition) is 2. The number of amides is 1. The summed E-state index contributed by atoms with van der Waals surface area (Å²) in [6.07, 6.45) is 2.43. The van der Waals surface area contributed by atoms with Crippen molar-refractivity contribution in [1.29, 1.82) is 0 Å². The van der Waals surface area contributed by atoms with Gasteiger partial charge in [0.1, 0.15) is 18.5 Å². The molecule has 31 heavy (non-hydrogen) atoms. The van der Waals surface area contributed by atoms with E-state index in [1.807, 2.05) is 36.4 Å². The summed E-state index contributed by atoms with van der Waals surface area (Å²) in [5.41, 5.74) is 5.18. The minimum absolute atomic E-state index is 0.0610. The molecule has 0 aliphatic carbocycles. The van der Waals surface area contributed by atoms with Crippen LogP contribution < -0.4 is 10.1 Å². The number of benzene rings is 2. The summed E-state index contributed by atoms with van der Waals surface area (Å²) in [6, 6.07) is 15.8. The van der Waals surface area contributed by atoms with Crippen LogP contribution in [0.2, 0.25) is 0 Å². The number of aliphatic hydroxyl groups is 1. The van der Waals surface area contributed by atoms with E-state index in [0.29, 0.717) is 19.0 Å². The van der Waals surface area contributed by atoms with Crippen LogP contribution in [-0.4, -0.2) is 51.7 Å². The second-order valence-electron chi connectivity index (χ2n) is 7.74. The summed E-state index contributed by atoms with van der Waals surface area (Å²) < 4.78 is 5.99. The van der Waals surface area contributed by atoms with E-state index in [1.54, 1.807) is 11.1 Å². The third-order valence-electron chi connectivity index (χ3n) is 5.50. The molecule has 2 heterocycles. The van der Waals surface area contributed by atoms with Crippen molar-refractivity contribution in [1.82, 2.24) is 14.9 Å². The molecule has 1 fully saturated rings. The Morgan fingerprint density at radius 3 is 2.71 bits per heavy atom. The fourth-order valence-corrected chi connectivity index (χ4v) is 3.58. The van der Waals surface area contributed by atoms with Crippen LogP contribution in [0.5, 0.6) is 5.75 Å². The third-order valence-corrected chi connectivity index (χ3v) is 5.50. The lowest BCUT2D eigenvalue weighted by Gasteiger charge is -2.16. The smallest absolute Gasteiger partial charge is 0.248 e. The zero-order chi connectivity index (χ0) is 21.8. The maximum absolute atomic E-state index is 11.6. The second-order valence-corrected chi connectivity index (χ2v) is 7.74. The summed E-state index contributed by atoms with van der Waals surface area (Å²) in [5, 5.41) is 12.3. The fraction of sp³-hybridized carbons (Fsp3) is 0.292. The van der Waals surface area contributed by atoms with Gasteiger partial charge in [-0.2, -0.15) is 0 Å². The van der Waals surface area contributed by atoms with E-state index in [9.17, 15) is 4.79 Å². The zero-order valence-corrected chi connectivity index (χ0v) is 17.7. The first kappa shape index (κ1) is 20.8. The number of likely N-dealkylation sites (tertiary alicyclic amines) is 1. The summed E-state index contributed by atoms with van der Waals surface area (Å²) in [7, 11) is 0. The molecule has 0 spiro atoms. The molecule has 160 valence electrons. The third kappa shape index (κ3) is 5.00. The largest absolute Gasteiger partial charge is 0.489 e. The minimum Gasteiger partial charge on any atom is -0.489 e. The number of aromatic nitrogens is 2. The number of ether oxygens (including phenoxy) is 1. The molecule has 0 unspecified atom stereocenters. The Morgan fingerprint density at radius 2 is 1.97 bits per heavy atom. The molecule has 0 bridgehead atoms. The summed E-state index contributed by atoms with van der Waals surface area (Å²) in [4.78, 5) is 22.2. The normalized spacial score (nSPS) is 15.7. The molecule has 1 aliphatic heterocycles. The lowest BCUT2D eigenvalue weighted by Crippen LogP contribution is -2.32. The van der Waals surface area contributed by atoms with E-state index in [4.69, 9.17) is 9.84 Å². The zero-order valence-electron chi connectivity index (χ0n) is 17.7. The van der Waals surface area contributed by atoms with E-state index in [1.165, 1.54) is 11.1 Å². The van der Waals surface area contributed by atoms with Crippen LogP contribution in [-0.2, 0) is 4.79 Å². The minimum atomic E-state index is -0.458. The summed E-state index contributed by atoms with van der Waals surface area (Å²) >= 11 is 0. The number of hydrogen-bond acceptors (Lipinski definition) is 6. The molecule has 0 saturated carbocycles. The maximum Gasteiger partial charge on any atom is 0.248 e. The van der Waals surface area contributed by atoms with Gasteiger partial charge in [-0.05, 0) is 67.4 Å². The van der Waals surface area contributed by atoms with Crippen LogP contribution in [0.4, 0.5) is 11.6 Å². The number of rotatable bonds is 6. The van der Waals surface area contributed by atoms with Crippen LogP contribution >= 0.6 is 0 Å². The highest BCUT2D eigenvalue weighted by molar-refractivity contribution is 5.77. The fourth-order valence-electron chi connectivity index (χ4n) is 3.58. The van der Waals surface area contributed by atoms with Crippen molar-refractivity contribution in [2.24, 2.45) is 0 Å². The van der Waals surface area contributed by atoms with Gasteiger partial charge < -0.3 is 20.1 Å². The van der Waals surface area contributed by atoms with Gasteiger partial charge in [-0.25, -0.2) is 9.97 Å². The Kier molecular flexibility index (Phi) is 6.13. The number of carbonyl (C=O) groups excluding carboxylic acids is 1. The standard InChI is InChI=1S/C24H26N4O3/c1-16-3-6-19(13-17(16)2)26-24-25-11-9-22(27-24)18-4-7-20(8-5-18)31-21-10-12-28(14-21)23(30)15-29/h3-9,11,13,21,29H,10,12,14-15H2,1-2H3,(H,25,26,27)/t21-/m1/s1. The molecule has 1 atom stereocenters. The average Bonchev–Trinajstić information content (AvgIpc) is 3.25.